The number of nitrogens with one attached hydrogen (secondary N) is 1. The highest BCUT2D eigenvalue weighted by Crippen LogP contribution is 2.50. The minimum Gasteiger partial charge on any atom is -0.497 e. The second-order valence-corrected chi connectivity index (χ2v) is 11.3. The molecule has 1 unspecified atom stereocenters. The number of nitrogens with zero attached hydrogens (tertiary/aromatic N) is 3. The Labute approximate surface area is 242 Å². The largest absolute Gasteiger partial charge is 0.519 e. The van der Waals surface area contributed by atoms with Crippen LogP contribution >= 0.6 is 19.2 Å². The van der Waals surface area contributed by atoms with Crippen molar-refractivity contribution in [3.8, 4) is 17.1 Å². The SMILES string of the molecule is COc1ccc(-c2oc(=O)oc2COP(=O)(COCCn2cnc3c(=O)[nH]c(N)nc32)OCc2cccc(Cl)c2)cc1. The summed E-state index contributed by atoms with van der Waals surface area (Å²) in [5.41, 5.74) is 6.74. The van der Waals surface area contributed by atoms with E-state index in [1.807, 2.05) is 0 Å². The van der Waals surface area contributed by atoms with Gasteiger partial charge in [0, 0.05) is 17.1 Å². The van der Waals surface area contributed by atoms with Crippen molar-refractivity contribution >= 4 is 36.3 Å². The molecule has 3 heterocycles. The van der Waals surface area contributed by atoms with Crippen LogP contribution in [0.1, 0.15) is 11.3 Å². The molecular weight excluding hydrogens is 593 g/mol. The van der Waals surface area contributed by atoms with Gasteiger partial charge in [-0.3, -0.25) is 18.9 Å². The molecule has 3 N–H and O–H groups in total. The Morgan fingerprint density at radius 1 is 1.10 bits per heavy atom. The zero-order chi connectivity index (χ0) is 29.7. The van der Waals surface area contributed by atoms with Crippen LogP contribution < -0.4 is 21.9 Å². The Balaban J connectivity index is 1.29. The van der Waals surface area contributed by atoms with Gasteiger partial charge in [-0.2, -0.15) is 4.98 Å². The lowest BCUT2D eigenvalue weighted by Crippen LogP contribution is -2.13. The number of nitrogen functional groups attached to an aromatic ring is 1. The molecule has 1 atom stereocenters. The van der Waals surface area contributed by atoms with Gasteiger partial charge in [-0.1, -0.05) is 23.7 Å². The molecule has 0 saturated carbocycles. The van der Waals surface area contributed by atoms with Crippen LogP contribution in [0.3, 0.4) is 0 Å². The molecule has 42 heavy (non-hydrogen) atoms. The number of methoxy groups -OCH3 is 1. The van der Waals surface area contributed by atoms with Gasteiger partial charge in [0.25, 0.3) is 5.56 Å². The molecule has 0 spiro atoms. The fourth-order valence-corrected chi connectivity index (χ4v) is 5.36. The number of aromatic nitrogens is 4. The van der Waals surface area contributed by atoms with Crippen molar-refractivity contribution in [3.05, 3.63) is 92.2 Å². The fourth-order valence-electron chi connectivity index (χ4n) is 3.91. The first-order valence-corrected chi connectivity index (χ1v) is 14.5. The Hall–Kier alpha value is -4.20. The molecule has 14 nitrogen and oxygen atoms in total. The molecule has 0 radical (unpaired) electrons. The number of ether oxygens (including phenoxy) is 2. The van der Waals surface area contributed by atoms with Crippen molar-refractivity contribution in [2.45, 2.75) is 19.8 Å². The minimum absolute atomic E-state index is 0.00974. The van der Waals surface area contributed by atoms with Crippen molar-refractivity contribution in [2.75, 3.05) is 25.8 Å². The predicted molar refractivity (Wildman–Crippen MR) is 151 cm³/mol. The number of fused-ring (bicyclic) bond motifs is 1. The standard InChI is InChI=1S/C26H25ClN5O9P/c1-36-19-7-5-17(6-8-19)22-20(40-26(34)41-22)13-39-42(35,38-12-16-3-2-4-18(27)11-16)15-37-10-9-32-14-29-21-23(32)30-25(28)31-24(21)33/h2-8,11,14H,9-10,12-13,15H2,1H3,(H3,28,30,31,33). The predicted octanol–water partition coefficient (Wildman–Crippen LogP) is 4.18. The van der Waals surface area contributed by atoms with E-state index in [-0.39, 0.29) is 48.4 Å². The Morgan fingerprint density at radius 3 is 2.64 bits per heavy atom. The van der Waals surface area contributed by atoms with Crippen LogP contribution in [-0.2, 0) is 38.1 Å². The van der Waals surface area contributed by atoms with Gasteiger partial charge in [0.2, 0.25) is 5.95 Å². The van der Waals surface area contributed by atoms with Crippen molar-refractivity contribution in [3.63, 3.8) is 0 Å². The van der Waals surface area contributed by atoms with Gasteiger partial charge >= 0.3 is 13.4 Å². The summed E-state index contributed by atoms with van der Waals surface area (Å²) in [6.45, 7) is -0.272. The molecule has 0 aliphatic carbocycles. The minimum atomic E-state index is -3.96. The molecule has 5 rings (SSSR count). The van der Waals surface area contributed by atoms with E-state index < -0.39 is 31.9 Å². The van der Waals surface area contributed by atoms with Gasteiger partial charge in [0.05, 0.1) is 26.7 Å². The Bertz CT molecular complexity index is 1850. The van der Waals surface area contributed by atoms with E-state index in [0.29, 0.717) is 21.9 Å². The Morgan fingerprint density at radius 2 is 1.88 bits per heavy atom. The lowest BCUT2D eigenvalue weighted by molar-refractivity contribution is 0.114. The second-order valence-electron chi connectivity index (χ2n) is 8.82. The van der Waals surface area contributed by atoms with E-state index in [9.17, 15) is 14.2 Å². The van der Waals surface area contributed by atoms with Crippen LogP contribution in [0.2, 0.25) is 5.02 Å². The molecule has 0 amide bonds. The van der Waals surface area contributed by atoms with E-state index in [2.05, 4.69) is 15.0 Å². The molecule has 0 saturated heterocycles. The lowest BCUT2D eigenvalue weighted by atomic mass is 10.1. The average molecular weight is 618 g/mol. The quantitative estimate of drug-likeness (QED) is 0.142. The topological polar surface area (TPSA) is 187 Å². The van der Waals surface area contributed by atoms with E-state index in [1.54, 1.807) is 53.1 Å². The third kappa shape index (κ3) is 6.98. The normalized spacial score (nSPS) is 12.9. The van der Waals surface area contributed by atoms with E-state index in [1.165, 1.54) is 13.4 Å². The van der Waals surface area contributed by atoms with Gasteiger partial charge in [-0.05, 0) is 42.0 Å². The van der Waals surface area contributed by atoms with Crippen LogP contribution in [0, 0.1) is 0 Å². The molecule has 16 heteroatoms. The van der Waals surface area contributed by atoms with Gasteiger partial charge in [0.15, 0.2) is 22.7 Å². The average Bonchev–Trinajstić information content (AvgIpc) is 3.56. The summed E-state index contributed by atoms with van der Waals surface area (Å²) in [5, 5.41) is 0.480. The summed E-state index contributed by atoms with van der Waals surface area (Å²) in [6.07, 6.45) is 0.972. The van der Waals surface area contributed by atoms with Crippen LogP contribution in [0.5, 0.6) is 5.75 Å². The molecule has 0 bridgehead atoms. The first kappa shape index (κ1) is 29.3. The van der Waals surface area contributed by atoms with E-state index >= 15 is 0 Å². The smallest absolute Gasteiger partial charge is 0.497 e. The van der Waals surface area contributed by atoms with Crippen LogP contribution in [-0.4, -0.2) is 39.6 Å². The molecule has 0 aliphatic rings. The summed E-state index contributed by atoms with van der Waals surface area (Å²) in [5.74, 6) is -0.282. The third-order valence-electron chi connectivity index (χ3n) is 5.93. The van der Waals surface area contributed by atoms with Crippen LogP contribution in [0.25, 0.3) is 22.5 Å². The number of halogens is 1. The molecular formula is C26H25ClN5O9P. The number of aromatic amines is 1. The molecule has 0 aliphatic heterocycles. The fraction of sp³-hybridized carbons (Fsp3) is 0.231. The third-order valence-corrected chi connectivity index (χ3v) is 7.70. The monoisotopic (exact) mass is 617 g/mol. The molecule has 3 aromatic heterocycles. The van der Waals surface area contributed by atoms with Crippen LogP contribution in [0.4, 0.5) is 5.95 Å². The first-order valence-electron chi connectivity index (χ1n) is 12.4. The maximum Gasteiger partial charge on any atom is 0.519 e. The number of rotatable bonds is 13. The van der Waals surface area contributed by atoms with Gasteiger partial charge in [0.1, 0.15) is 18.7 Å². The highest BCUT2D eigenvalue weighted by molar-refractivity contribution is 7.53. The number of imidazole rings is 1. The maximum atomic E-state index is 13.8. The molecule has 0 fully saturated rings. The van der Waals surface area contributed by atoms with Crippen molar-refractivity contribution in [1.29, 1.82) is 0 Å². The van der Waals surface area contributed by atoms with Crippen molar-refractivity contribution in [1.82, 2.24) is 19.5 Å². The zero-order valence-electron chi connectivity index (χ0n) is 22.2. The number of nitrogens with two attached hydrogens (primary N) is 1. The molecule has 2 aromatic carbocycles. The summed E-state index contributed by atoms with van der Waals surface area (Å²) >= 11 is 6.06. The number of hydrogen-bond donors (Lipinski definition) is 2. The summed E-state index contributed by atoms with van der Waals surface area (Å²) < 4.78 is 47.9. The lowest BCUT2D eigenvalue weighted by Gasteiger charge is -2.18. The van der Waals surface area contributed by atoms with Crippen molar-refractivity contribution < 1.29 is 31.9 Å². The van der Waals surface area contributed by atoms with Crippen LogP contribution in [0.15, 0.2) is 73.3 Å². The van der Waals surface area contributed by atoms with Crippen molar-refractivity contribution in [2.24, 2.45) is 0 Å². The van der Waals surface area contributed by atoms with Gasteiger partial charge < -0.3 is 33.1 Å². The highest BCUT2D eigenvalue weighted by atomic mass is 35.5. The van der Waals surface area contributed by atoms with E-state index in [4.69, 9.17) is 44.7 Å². The number of H-pyrrole nitrogens is 1. The summed E-state index contributed by atoms with van der Waals surface area (Å²) in [6, 6.07) is 13.5. The summed E-state index contributed by atoms with van der Waals surface area (Å²) in [4.78, 5) is 34.5. The molecule has 220 valence electrons. The highest BCUT2D eigenvalue weighted by Gasteiger charge is 2.28. The van der Waals surface area contributed by atoms with E-state index in [0.717, 1.165) is 0 Å². The van der Waals surface area contributed by atoms with Gasteiger partial charge in [-0.25, -0.2) is 9.78 Å². The first-order chi connectivity index (χ1) is 20.2. The zero-order valence-corrected chi connectivity index (χ0v) is 23.8. The van der Waals surface area contributed by atoms with Gasteiger partial charge in [-0.15, -0.1) is 0 Å². The number of anilines is 1. The second kappa shape index (κ2) is 12.8. The Kier molecular flexibility index (Phi) is 8.90. The molecule has 5 aromatic rings. The summed E-state index contributed by atoms with van der Waals surface area (Å²) in [7, 11) is -2.43. The number of hydrogen-bond acceptors (Lipinski definition) is 12. The number of benzene rings is 2. The maximum absolute atomic E-state index is 13.8.